The Bertz CT molecular complexity index is 1010. The Balaban J connectivity index is 1.71. The molecule has 0 amide bonds. The number of sulfonamides is 1. The highest BCUT2D eigenvalue weighted by molar-refractivity contribution is 7.89. The summed E-state index contributed by atoms with van der Waals surface area (Å²) in [7, 11) is -1.83. The molecule has 0 radical (unpaired) electrons. The highest BCUT2D eigenvalue weighted by Gasteiger charge is 2.19. The van der Waals surface area contributed by atoms with E-state index in [4.69, 9.17) is 4.74 Å². The molecule has 0 bridgehead atoms. The molecule has 2 N–H and O–H groups in total. The lowest BCUT2D eigenvalue weighted by atomic mass is 10.1. The van der Waals surface area contributed by atoms with Crippen LogP contribution in [-0.2, 0) is 17.1 Å². The molecule has 6 nitrogen and oxygen atoms in total. The Labute approximate surface area is 159 Å². The molecule has 1 aromatic heterocycles. The summed E-state index contributed by atoms with van der Waals surface area (Å²) in [6.45, 7) is 2.48. The number of aromatic nitrogens is 1. The summed E-state index contributed by atoms with van der Waals surface area (Å²) in [6.07, 6.45) is 1.76. The summed E-state index contributed by atoms with van der Waals surface area (Å²) >= 11 is 0. The first-order chi connectivity index (χ1) is 12.9. The smallest absolute Gasteiger partial charge is 0.240 e. The minimum absolute atomic E-state index is 0.107. The van der Waals surface area contributed by atoms with Crippen molar-refractivity contribution in [1.82, 2.24) is 9.29 Å². The van der Waals surface area contributed by atoms with Gasteiger partial charge in [0.1, 0.15) is 5.75 Å². The van der Waals surface area contributed by atoms with Gasteiger partial charge in [0.25, 0.3) is 0 Å². The van der Waals surface area contributed by atoms with E-state index in [0.29, 0.717) is 17.9 Å². The fourth-order valence-corrected chi connectivity index (χ4v) is 3.99. The van der Waals surface area contributed by atoms with Crippen LogP contribution >= 0.6 is 0 Å². The Morgan fingerprint density at radius 2 is 1.85 bits per heavy atom. The molecule has 0 fully saturated rings. The van der Waals surface area contributed by atoms with Gasteiger partial charge >= 0.3 is 0 Å². The highest BCUT2D eigenvalue weighted by atomic mass is 32.2. The van der Waals surface area contributed by atoms with Crippen LogP contribution in [0.2, 0.25) is 0 Å². The predicted octanol–water partition coefficient (Wildman–Crippen LogP) is 2.98. The van der Waals surface area contributed by atoms with Gasteiger partial charge in [0.05, 0.1) is 17.6 Å². The van der Waals surface area contributed by atoms with Crippen LogP contribution in [0.25, 0.3) is 10.9 Å². The van der Waals surface area contributed by atoms with Crippen LogP contribution in [0, 0.1) is 0 Å². The monoisotopic (exact) mass is 388 g/mol. The topological polar surface area (TPSA) is 80.6 Å². The second kappa shape index (κ2) is 8.12. The van der Waals surface area contributed by atoms with Gasteiger partial charge in [-0.15, -0.1) is 0 Å². The van der Waals surface area contributed by atoms with E-state index in [1.807, 2.05) is 49.0 Å². The van der Waals surface area contributed by atoms with Crippen LogP contribution in [-0.4, -0.2) is 31.2 Å². The molecular weight excluding hydrogens is 364 g/mol. The zero-order valence-electron chi connectivity index (χ0n) is 15.4. The van der Waals surface area contributed by atoms with Gasteiger partial charge in [-0.3, -0.25) is 0 Å². The number of fused-ring (bicyclic) bond motifs is 1. The molecule has 3 aromatic rings. The lowest BCUT2D eigenvalue weighted by molar-refractivity contribution is 0.183. The van der Waals surface area contributed by atoms with Crippen molar-refractivity contribution in [2.75, 3.05) is 13.2 Å². The number of rotatable bonds is 8. The molecule has 1 atom stereocenters. The molecule has 0 saturated carbocycles. The van der Waals surface area contributed by atoms with E-state index < -0.39 is 16.1 Å². The van der Waals surface area contributed by atoms with E-state index in [2.05, 4.69) is 4.72 Å². The second-order valence-electron chi connectivity index (χ2n) is 6.40. The molecule has 3 rings (SSSR count). The molecule has 27 heavy (non-hydrogen) atoms. The van der Waals surface area contributed by atoms with E-state index in [1.165, 1.54) is 12.1 Å². The SMILES string of the molecule is CCCOc1ccc(S(=O)(=O)NCC(O)c2cn(C)c3ccccc23)cc1. The average molecular weight is 388 g/mol. The minimum Gasteiger partial charge on any atom is -0.494 e. The van der Waals surface area contributed by atoms with Gasteiger partial charge < -0.3 is 14.4 Å². The molecule has 144 valence electrons. The minimum atomic E-state index is -3.72. The number of nitrogens with one attached hydrogen (secondary N) is 1. The Kier molecular flexibility index (Phi) is 5.84. The maximum Gasteiger partial charge on any atom is 0.240 e. The van der Waals surface area contributed by atoms with Gasteiger partial charge in [-0.05, 0) is 36.8 Å². The van der Waals surface area contributed by atoms with Crippen molar-refractivity contribution in [3.05, 3.63) is 60.3 Å². The Morgan fingerprint density at radius 3 is 2.56 bits per heavy atom. The molecule has 0 saturated heterocycles. The van der Waals surface area contributed by atoms with Crippen molar-refractivity contribution in [2.24, 2.45) is 7.05 Å². The van der Waals surface area contributed by atoms with Gasteiger partial charge in [-0.1, -0.05) is 25.1 Å². The summed E-state index contributed by atoms with van der Waals surface area (Å²) in [5, 5.41) is 11.4. The lowest BCUT2D eigenvalue weighted by Gasteiger charge is -2.12. The summed E-state index contributed by atoms with van der Waals surface area (Å²) in [5.41, 5.74) is 1.68. The third-order valence-corrected chi connectivity index (χ3v) is 5.80. The van der Waals surface area contributed by atoms with Crippen LogP contribution < -0.4 is 9.46 Å². The lowest BCUT2D eigenvalue weighted by Crippen LogP contribution is -2.28. The largest absolute Gasteiger partial charge is 0.494 e. The maximum atomic E-state index is 12.5. The number of aliphatic hydroxyl groups is 1. The summed E-state index contributed by atoms with van der Waals surface area (Å²) in [6, 6.07) is 13.9. The molecular formula is C20H24N2O4S. The van der Waals surface area contributed by atoms with Crippen molar-refractivity contribution in [3.63, 3.8) is 0 Å². The Hall–Kier alpha value is -2.35. The van der Waals surface area contributed by atoms with Crippen LogP contribution in [0.4, 0.5) is 0 Å². The third kappa shape index (κ3) is 4.32. The quantitative estimate of drug-likeness (QED) is 0.622. The normalized spacial score (nSPS) is 13.0. The van der Waals surface area contributed by atoms with Gasteiger partial charge in [-0.2, -0.15) is 0 Å². The van der Waals surface area contributed by atoms with Crippen LogP contribution in [0.5, 0.6) is 5.75 Å². The number of hydrogen-bond donors (Lipinski definition) is 2. The number of aryl methyl sites for hydroxylation is 1. The van der Waals surface area contributed by atoms with E-state index in [0.717, 1.165) is 17.3 Å². The summed E-state index contributed by atoms with van der Waals surface area (Å²) in [4.78, 5) is 0.136. The zero-order chi connectivity index (χ0) is 19.4. The summed E-state index contributed by atoms with van der Waals surface area (Å²) in [5.74, 6) is 0.631. The molecule has 1 unspecified atom stereocenters. The summed E-state index contributed by atoms with van der Waals surface area (Å²) < 4.78 is 34.8. The van der Waals surface area contributed by atoms with Crippen LogP contribution in [0.1, 0.15) is 25.0 Å². The van der Waals surface area contributed by atoms with Crippen molar-refractivity contribution in [3.8, 4) is 5.75 Å². The van der Waals surface area contributed by atoms with E-state index in [-0.39, 0.29) is 11.4 Å². The fourth-order valence-electron chi connectivity index (χ4n) is 2.96. The number of para-hydroxylation sites is 1. The van der Waals surface area contributed by atoms with Crippen LogP contribution in [0.15, 0.2) is 59.6 Å². The standard InChI is InChI=1S/C20H24N2O4S/c1-3-12-26-15-8-10-16(11-9-15)27(24,25)21-13-20(23)18-14-22(2)19-7-5-4-6-17(18)19/h4-11,14,20-21,23H,3,12-13H2,1-2H3. The molecule has 0 aliphatic rings. The first kappa shape index (κ1) is 19.4. The van der Waals surface area contributed by atoms with Gasteiger partial charge in [0.15, 0.2) is 0 Å². The van der Waals surface area contributed by atoms with Gasteiger partial charge in [0, 0.05) is 36.3 Å². The van der Waals surface area contributed by atoms with E-state index in [1.54, 1.807) is 12.1 Å². The molecule has 2 aromatic carbocycles. The average Bonchev–Trinajstić information content (AvgIpc) is 3.02. The fraction of sp³-hybridized carbons (Fsp3) is 0.300. The van der Waals surface area contributed by atoms with Crippen molar-refractivity contribution in [1.29, 1.82) is 0 Å². The van der Waals surface area contributed by atoms with Gasteiger partial charge in [0.2, 0.25) is 10.0 Å². The van der Waals surface area contributed by atoms with E-state index in [9.17, 15) is 13.5 Å². The Morgan fingerprint density at radius 1 is 1.15 bits per heavy atom. The van der Waals surface area contributed by atoms with Crippen LogP contribution in [0.3, 0.4) is 0 Å². The third-order valence-electron chi connectivity index (χ3n) is 4.36. The number of hydrogen-bond acceptors (Lipinski definition) is 4. The van der Waals surface area contributed by atoms with Crippen molar-refractivity contribution < 1.29 is 18.3 Å². The van der Waals surface area contributed by atoms with Gasteiger partial charge in [-0.25, -0.2) is 13.1 Å². The van der Waals surface area contributed by atoms with Crippen molar-refractivity contribution in [2.45, 2.75) is 24.3 Å². The first-order valence-electron chi connectivity index (χ1n) is 8.87. The molecule has 0 aliphatic carbocycles. The number of ether oxygens (including phenoxy) is 1. The zero-order valence-corrected chi connectivity index (χ0v) is 16.2. The number of aliphatic hydroxyl groups excluding tert-OH is 1. The number of nitrogens with zero attached hydrogens (tertiary/aromatic N) is 1. The second-order valence-corrected chi connectivity index (χ2v) is 8.17. The molecule has 0 aliphatic heterocycles. The van der Waals surface area contributed by atoms with Crippen molar-refractivity contribution >= 4 is 20.9 Å². The highest BCUT2D eigenvalue weighted by Crippen LogP contribution is 2.26. The predicted molar refractivity (Wildman–Crippen MR) is 105 cm³/mol. The molecule has 0 spiro atoms. The number of benzene rings is 2. The molecule has 1 heterocycles. The van der Waals surface area contributed by atoms with E-state index >= 15 is 0 Å². The maximum absolute atomic E-state index is 12.5. The first-order valence-corrected chi connectivity index (χ1v) is 10.3. The molecule has 7 heteroatoms.